The quantitative estimate of drug-likeness (QED) is 0.889. The SMILES string of the molecule is NC(CNC(=O)c1cc(Cl)sc1Cl)C1CC1. The average Bonchev–Trinajstić information content (AvgIpc) is 3.01. The number of halogens is 2. The highest BCUT2D eigenvalue weighted by Crippen LogP contribution is 2.32. The Kier molecular flexibility index (Phi) is 3.74. The smallest absolute Gasteiger partial charge is 0.253 e. The third kappa shape index (κ3) is 2.88. The second kappa shape index (κ2) is 4.92. The predicted octanol–water partition coefficient (Wildman–Crippen LogP) is 2.52. The zero-order valence-electron chi connectivity index (χ0n) is 8.50. The van der Waals surface area contributed by atoms with E-state index in [0.717, 1.165) is 0 Å². The number of thiophene rings is 1. The Bertz CT molecular complexity index is 404. The monoisotopic (exact) mass is 278 g/mol. The van der Waals surface area contributed by atoms with Gasteiger partial charge in [-0.25, -0.2) is 0 Å². The number of rotatable bonds is 4. The Morgan fingerprint density at radius 2 is 2.31 bits per heavy atom. The van der Waals surface area contributed by atoms with Crippen molar-refractivity contribution in [2.75, 3.05) is 6.54 Å². The minimum absolute atomic E-state index is 0.0526. The van der Waals surface area contributed by atoms with Crippen molar-refractivity contribution in [1.82, 2.24) is 5.32 Å². The summed E-state index contributed by atoms with van der Waals surface area (Å²) in [5, 5.41) is 2.77. The van der Waals surface area contributed by atoms with E-state index in [1.165, 1.54) is 24.2 Å². The molecule has 1 aliphatic carbocycles. The van der Waals surface area contributed by atoms with Gasteiger partial charge in [0.05, 0.1) is 9.90 Å². The molecular weight excluding hydrogens is 267 g/mol. The highest BCUT2D eigenvalue weighted by atomic mass is 35.5. The largest absolute Gasteiger partial charge is 0.350 e. The molecule has 0 saturated heterocycles. The highest BCUT2D eigenvalue weighted by molar-refractivity contribution is 7.20. The molecule has 1 aliphatic rings. The third-order valence-electron chi connectivity index (χ3n) is 2.63. The van der Waals surface area contributed by atoms with Gasteiger partial charge >= 0.3 is 0 Å². The van der Waals surface area contributed by atoms with Gasteiger partial charge in [-0.2, -0.15) is 0 Å². The lowest BCUT2D eigenvalue weighted by Crippen LogP contribution is -2.38. The van der Waals surface area contributed by atoms with Crippen molar-refractivity contribution in [2.45, 2.75) is 18.9 Å². The van der Waals surface area contributed by atoms with E-state index in [4.69, 9.17) is 28.9 Å². The van der Waals surface area contributed by atoms with Crippen LogP contribution in [0.1, 0.15) is 23.2 Å². The Morgan fingerprint density at radius 3 is 2.81 bits per heavy atom. The second-order valence-electron chi connectivity index (χ2n) is 3.95. The fourth-order valence-corrected chi connectivity index (χ4v) is 2.95. The lowest BCUT2D eigenvalue weighted by atomic mass is 10.2. The zero-order valence-corrected chi connectivity index (χ0v) is 10.8. The summed E-state index contributed by atoms with van der Waals surface area (Å²) in [7, 11) is 0. The van der Waals surface area contributed by atoms with Gasteiger partial charge in [-0.3, -0.25) is 4.79 Å². The summed E-state index contributed by atoms with van der Waals surface area (Å²) in [5.74, 6) is 0.367. The fraction of sp³-hybridized carbons (Fsp3) is 0.500. The number of carbonyl (C=O) groups is 1. The van der Waals surface area contributed by atoms with E-state index in [9.17, 15) is 4.79 Å². The van der Waals surface area contributed by atoms with Crippen molar-refractivity contribution in [3.05, 3.63) is 20.3 Å². The highest BCUT2D eigenvalue weighted by Gasteiger charge is 2.28. The van der Waals surface area contributed by atoms with Crippen molar-refractivity contribution < 1.29 is 4.79 Å². The van der Waals surface area contributed by atoms with Crippen molar-refractivity contribution >= 4 is 40.4 Å². The molecule has 1 heterocycles. The molecule has 1 amide bonds. The summed E-state index contributed by atoms with van der Waals surface area (Å²) in [4.78, 5) is 11.7. The summed E-state index contributed by atoms with van der Waals surface area (Å²) in [6.45, 7) is 0.493. The first-order chi connectivity index (χ1) is 7.58. The van der Waals surface area contributed by atoms with Crippen LogP contribution in [0.15, 0.2) is 6.07 Å². The summed E-state index contributed by atoms with van der Waals surface area (Å²) < 4.78 is 0.934. The van der Waals surface area contributed by atoms with E-state index >= 15 is 0 Å². The number of amides is 1. The molecule has 6 heteroatoms. The van der Waals surface area contributed by atoms with Crippen LogP contribution in [0.3, 0.4) is 0 Å². The molecule has 3 nitrogen and oxygen atoms in total. The van der Waals surface area contributed by atoms with Crippen LogP contribution < -0.4 is 11.1 Å². The van der Waals surface area contributed by atoms with Gasteiger partial charge in [-0.15, -0.1) is 11.3 Å². The summed E-state index contributed by atoms with van der Waals surface area (Å²) >= 11 is 12.8. The van der Waals surface area contributed by atoms with E-state index in [0.29, 0.717) is 26.7 Å². The number of nitrogens with one attached hydrogen (secondary N) is 1. The van der Waals surface area contributed by atoms with Gasteiger partial charge in [0.25, 0.3) is 5.91 Å². The van der Waals surface area contributed by atoms with E-state index in [1.807, 2.05) is 0 Å². The van der Waals surface area contributed by atoms with E-state index in [-0.39, 0.29) is 11.9 Å². The van der Waals surface area contributed by atoms with Crippen LogP contribution in [0, 0.1) is 5.92 Å². The Balaban J connectivity index is 1.89. The van der Waals surface area contributed by atoms with Gasteiger partial charge in [0, 0.05) is 12.6 Å². The van der Waals surface area contributed by atoms with Gasteiger partial charge in [0.2, 0.25) is 0 Å². The zero-order chi connectivity index (χ0) is 11.7. The minimum atomic E-state index is -0.204. The topological polar surface area (TPSA) is 55.1 Å². The van der Waals surface area contributed by atoms with Crippen LogP contribution in [-0.4, -0.2) is 18.5 Å². The molecule has 0 bridgehead atoms. The van der Waals surface area contributed by atoms with Crippen LogP contribution in [0.25, 0.3) is 0 Å². The van der Waals surface area contributed by atoms with Gasteiger partial charge in [0.15, 0.2) is 0 Å². The summed E-state index contributed by atoms with van der Waals surface area (Å²) in [5.41, 5.74) is 6.31. The van der Waals surface area contributed by atoms with Crippen molar-refractivity contribution in [3.8, 4) is 0 Å². The van der Waals surface area contributed by atoms with Crippen LogP contribution in [0.5, 0.6) is 0 Å². The first-order valence-corrected chi connectivity index (χ1v) is 6.64. The molecule has 3 N–H and O–H groups in total. The Morgan fingerprint density at radius 1 is 1.62 bits per heavy atom. The van der Waals surface area contributed by atoms with Crippen LogP contribution >= 0.6 is 34.5 Å². The van der Waals surface area contributed by atoms with Crippen molar-refractivity contribution in [3.63, 3.8) is 0 Å². The summed E-state index contributed by atoms with van der Waals surface area (Å²) in [6, 6.07) is 1.63. The molecule has 1 fully saturated rings. The maximum atomic E-state index is 11.7. The number of hydrogen-bond donors (Lipinski definition) is 2. The second-order valence-corrected chi connectivity index (χ2v) is 6.23. The standard InChI is InChI=1S/C10H12Cl2N2OS/c11-8-3-6(9(12)16-8)10(15)14-4-7(13)5-1-2-5/h3,5,7H,1-2,4,13H2,(H,14,15). The van der Waals surface area contributed by atoms with Gasteiger partial charge in [0.1, 0.15) is 4.34 Å². The number of hydrogen-bond acceptors (Lipinski definition) is 3. The number of nitrogens with two attached hydrogens (primary N) is 1. The average molecular weight is 279 g/mol. The minimum Gasteiger partial charge on any atom is -0.350 e. The van der Waals surface area contributed by atoms with Crippen molar-refractivity contribution in [2.24, 2.45) is 11.7 Å². The normalized spacial score (nSPS) is 17.2. The first kappa shape index (κ1) is 12.2. The van der Waals surface area contributed by atoms with Crippen molar-refractivity contribution in [1.29, 1.82) is 0 Å². The Labute approximate surface area is 108 Å². The Hall–Kier alpha value is -0.290. The molecule has 1 saturated carbocycles. The molecule has 0 aromatic carbocycles. The molecule has 1 unspecified atom stereocenters. The fourth-order valence-electron chi connectivity index (χ4n) is 1.49. The molecule has 1 atom stereocenters. The lowest BCUT2D eigenvalue weighted by Gasteiger charge is -2.10. The lowest BCUT2D eigenvalue weighted by molar-refractivity contribution is 0.0951. The molecule has 16 heavy (non-hydrogen) atoms. The van der Waals surface area contributed by atoms with Gasteiger partial charge < -0.3 is 11.1 Å². The van der Waals surface area contributed by atoms with Crippen LogP contribution in [0.4, 0.5) is 0 Å². The molecule has 88 valence electrons. The first-order valence-electron chi connectivity index (χ1n) is 5.06. The molecular formula is C10H12Cl2N2OS. The predicted molar refractivity (Wildman–Crippen MR) is 67.4 cm³/mol. The van der Waals surface area contributed by atoms with E-state index in [2.05, 4.69) is 5.32 Å². The van der Waals surface area contributed by atoms with Gasteiger partial charge in [-0.1, -0.05) is 23.2 Å². The molecule has 1 aromatic rings. The maximum absolute atomic E-state index is 11.7. The summed E-state index contributed by atoms with van der Waals surface area (Å²) in [6.07, 6.45) is 2.34. The molecule has 0 radical (unpaired) electrons. The number of carbonyl (C=O) groups excluding carboxylic acids is 1. The maximum Gasteiger partial charge on any atom is 0.253 e. The molecule has 1 aromatic heterocycles. The van der Waals surface area contributed by atoms with Gasteiger partial charge in [-0.05, 0) is 24.8 Å². The van der Waals surface area contributed by atoms with E-state index in [1.54, 1.807) is 6.07 Å². The van der Waals surface area contributed by atoms with E-state index < -0.39 is 0 Å². The third-order valence-corrected chi connectivity index (χ3v) is 4.11. The molecule has 0 spiro atoms. The molecule has 0 aliphatic heterocycles. The van der Waals surface area contributed by atoms with Crippen LogP contribution in [-0.2, 0) is 0 Å². The van der Waals surface area contributed by atoms with Crippen LogP contribution in [0.2, 0.25) is 8.67 Å². The molecule has 2 rings (SSSR count).